The molecule has 0 saturated carbocycles. The van der Waals surface area contributed by atoms with Crippen molar-refractivity contribution in [2.75, 3.05) is 52.4 Å². The number of methoxy groups -OCH3 is 3. The maximum absolute atomic E-state index is 13.9. The number of hydrogen-bond donors (Lipinski definition) is 1. The second-order valence-electron chi connectivity index (χ2n) is 10.9. The Labute approximate surface area is 283 Å². The largest absolute Gasteiger partial charge is 0.496 e. The highest BCUT2D eigenvalue weighted by Gasteiger charge is 2.42. The number of piperazine rings is 1. The smallest absolute Gasteiger partial charge is 0.336 e. The van der Waals surface area contributed by atoms with Crippen LogP contribution >= 0.6 is 23.2 Å². The number of nitrogens with zero attached hydrogens (tertiary/aromatic N) is 4. The van der Waals surface area contributed by atoms with Crippen LogP contribution in [-0.2, 0) is 30.3 Å². The minimum absolute atomic E-state index is 0.0496. The van der Waals surface area contributed by atoms with Gasteiger partial charge in [-0.2, -0.15) is 0 Å². The Kier molecular flexibility index (Phi) is 11.0. The number of para-hydroxylation sites is 1. The Hall–Kier alpha value is -4.61. The number of carbonyl (C=O) groups is 3. The Balaban J connectivity index is 1.55. The number of rotatable bonds is 10. The zero-order valence-electron chi connectivity index (χ0n) is 26.3. The standard InChI is InChI=1S/C34H35Cl2N5O6/c1-45-26-11-5-4-8-21(26)12-13-24-29(32(43)46-2)31(28-22(35)9-6-10-23(28)36)30(33(44)47-3)25(39-24)20-27(42)40-16-18-41(19-17-40)34-37-14-7-15-38-34/h4-11,14-15,31,39H,12-13,16-20H2,1-3H3. The number of allylic oxidation sites excluding steroid dienone is 1. The summed E-state index contributed by atoms with van der Waals surface area (Å²) in [6.45, 7) is 1.95. The van der Waals surface area contributed by atoms with Gasteiger partial charge in [-0.1, -0.05) is 47.5 Å². The molecule has 3 aromatic rings. The first-order chi connectivity index (χ1) is 22.8. The van der Waals surface area contributed by atoms with Crippen LogP contribution in [0.1, 0.15) is 29.9 Å². The van der Waals surface area contributed by atoms with E-state index in [4.69, 9.17) is 37.4 Å². The number of anilines is 1. The first kappa shape index (κ1) is 33.7. The van der Waals surface area contributed by atoms with E-state index in [9.17, 15) is 14.4 Å². The molecular weight excluding hydrogens is 645 g/mol. The first-order valence-corrected chi connectivity index (χ1v) is 15.8. The molecule has 1 unspecified atom stereocenters. The van der Waals surface area contributed by atoms with Gasteiger partial charge >= 0.3 is 11.9 Å². The monoisotopic (exact) mass is 679 g/mol. The lowest BCUT2D eigenvalue weighted by Gasteiger charge is -2.36. The van der Waals surface area contributed by atoms with Crippen LogP contribution in [0.25, 0.3) is 0 Å². The van der Waals surface area contributed by atoms with E-state index >= 15 is 0 Å². The molecule has 1 fully saturated rings. The van der Waals surface area contributed by atoms with E-state index in [0.29, 0.717) is 67.7 Å². The number of carbonyl (C=O) groups excluding carboxylic acids is 3. The summed E-state index contributed by atoms with van der Waals surface area (Å²) in [4.78, 5) is 53.5. The van der Waals surface area contributed by atoms with Gasteiger partial charge in [0.05, 0.1) is 44.8 Å². The second kappa shape index (κ2) is 15.3. The van der Waals surface area contributed by atoms with Crippen LogP contribution in [0.15, 0.2) is 83.5 Å². The molecule has 0 spiro atoms. The van der Waals surface area contributed by atoms with Gasteiger partial charge in [-0.3, -0.25) is 4.79 Å². The summed E-state index contributed by atoms with van der Waals surface area (Å²) >= 11 is 13.5. The highest BCUT2D eigenvalue weighted by atomic mass is 35.5. The number of aryl methyl sites for hydroxylation is 1. The fraction of sp³-hybridized carbons (Fsp3) is 0.324. The molecule has 13 heteroatoms. The number of ether oxygens (including phenoxy) is 3. The van der Waals surface area contributed by atoms with Gasteiger partial charge in [-0.05, 0) is 42.7 Å². The molecule has 0 aliphatic carbocycles. The Morgan fingerprint density at radius 2 is 1.43 bits per heavy atom. The highest BCUT2D eigenvalue weighted by molar-refractivity contribution is 6.36. The number of benzene rings is 2. The minimum atomic E-state index is -1.08. The van der Waals surface area contributed by atoms with Crippen molar-refractivity contribution >= 4 is 47.0 Å². The van der Waals surface area contributed by atoms with E-state index in [1.807, 2.05) is 29.2 Å². The molecule has 1 N–H and O–H groups in total. The molecule has 1 saturated heterocycles. The predicted molar refractivity (Wildman–Crippen MR) is 177 cm³/mol. The van der Waals surface area contributed by atoms with Crippen LogP contribution in [0.3, 0.4) is 0 Å². The van der Waals surface area contributed by atoms with Crippen molar-refractivity contribution in [1.82, 2.24) is 20.2 Å². The third-order valence-electron chi connectivity index (χ3n) is 8.26. The zero-order chi connectivity index (χ0) is 33.5. The summed E-state index contributed by atoms with van der Waals surface area (Å²) in [6, 6.07) is 14.2. The first-order valence-electron chi connectivity index (χ1n) is 15.0. The van der Waals surface area contributed by atoms with Crippen LogP contribution in [-0.4, -0.2) is 80.2 Å². The molecule has 47 heavy (non-hydrogen) atoms. The van der Waals surface area contributed by atoms with Crippen molar-refractivity contribution in [1.29, 1.82) is 0 Å². The highest BCUT2D eigenvalue weighted by Crippen LogP contribution is 2.46. The average Bonchev–Trinajstić information content (AvgIpc) is 3.10. The maximum atomic E-state index is 13.9. The molecule has 0 radical (unpaired) electrons. The number of nitrogens with one attached hydrogen (secondary N) is 1. The van der Waals surface area contributed by atoms with Crippen molar-refractivity contribution in [3.05, 3.63) is 105 Å². The van der Waals surface area contributed by atoms with Crippen LogP contribution < -0.4 is 15.0 Å². The molecule has 11 nitrogen and oxygen atoms in total. The van der Waals surface area contributed by atoms with Crippen LogP contribution in [0.5, 0.6) is 5.75 Å². The molecule has 2 aliphatic rings. The molecule has 5 rings (SSSR count). The third-order valence-corrected chi connectivity index (χ3v) is 8.92. The summed E-state index contributed by atoms with van der Waals surface area (Å²) in [7, 11) is 4.09. The van der Waals surface area contributed by atoms with Gasteiger partial charge < -0.3 is 29.3 Å². The predicted octanol–water partition coefficient (Wildman–Crippen LogP) is 4.70. The van der Waals surface area contributed by atoms with Crippen molar-refractivity contribution in [3.63, 3.8) is 0 Å². The molecule has 3 heterocycles. The Bertz CT molecular complexity index is 1690. The van der Waals surface area contributed by atoms with Gasteiger partial charge in [-0.15, -0.1) is 0 Å². The number of amides is 1. The van der Waals surface area contributed by atoms with Crippen LogP contribution in [0.4, 0.5) is 5.95 Å². The van der Waals surface area contributed by atoms with E-state index in [0.717, 1.165) is 5.56 Å². The SMILES string of the molecule is COC(=O)C1=C(CCc2ccccc2OC)NC(CC(=O)N2CCN(c3ncccn3)CC2)=C(C(=O)OC)C1c1c(Cl)cccc1Cl. The number of dihydropyridines is 1. The summed E-state index contributed by atoms with van der Waals surface area (Å²) in [5.74, 6) is -1.42. The zero-order valence-corrected chi connectivity index (χ0v) is 27.8. The van der Waals surface area contributed by atoms with Gasteiger partial charge in [0.2, 0.25) is 11.9 Å². The molecule has 1 aromatic heterocycles. The van der Waals surface area contributed by atoms with Gasteiger partial charge in [0.15, 0.2) is 0 Å². The fourth-order valence-corrected chi connectivity index (χ4v) is 6.58. The number of esters is 2. The fourth-order valence-electron chi connectivity index (χ4n) is 5.97. The van der Waals surface area contributed by atoms with E-state index in [-0.39, 0.29) is 33.5 Å². The number of hydrogen-bond acceptors (Lipinski definition) is 10. The molecule has 2 aliphatic heterocycles. The normalized spacial score (nSPS) is 16.5. The number of halogens is 2. The van der Waals surface area contributed by atoms with Gasteiger partial charge in [0.25, 0.3) is 0 Å². The van der Waals surface area contributed by atoms with Gasteiger partial charge in [-0.25, -0.2) is 19.6 Å². The summed E-state index contributed by atoms with van der Waals surface area (Å²) in [5, 5.41) is 3.76. The van der Waals surface area contributed by atoms with Crippen molar-refractivity contribution in [3.8, 4) is 5.75 Å². The van der Waals surface area contributed by atoms with E-state index in [2.05, 4.69) is 15.3 Å². The molecule has 246 valence electrons. The summed E-state index contributed by atoms with van der Waals surface area (Å²) < 4.78 is 16.0. The molecule has 2 aromatic carbocycles. The average molecular weight is 681 g/mol. The van der Waals surface area contributed by atoms with Gasteiger partial charge in [0, 0.05) is 65.6 Å². The van der Waals surface area contributed by atoms with Crippen molar-refractivity contribution in [2.24, 2.45) is 0 Å². The lowest BCUT2D eigenvalue weighted by Crippen LogP contribution is -2.49. The molecule has 0 bridgehead atoms. The Morgan fingerprint density at radius 3 is 2.04 bits per heavy atom. The van der Waals surface area contributed by atoms with Crippen LogP contribution in [0, 0.1) is 0 Å². The summed E-state index contributed by atoms with van der Waals surface area (Å²) in [5.41, 5.74) is 2.18. The molecule has 1 amide bonds. The topological polar surface area (TPSA) is 123 Å². The van der Waals surface area contributed by atoms with Crippen molar-refractivity contribution < 1.29 is 28.6 Å². The number of aromatic nitrogens is 2. The molecule has 1 atom stereocenters. The van der Waals surface area contributed by atoms with E-state index in [1.165, 1.54) is 14.2 Å². The molecular formula is C34H35Cl2N5O6. The van der Waals surface area contributed by atoms with Crippen LogP contribution in [0.2, 0.25) is 10.0 Å². The summed E-state index contributed by atoms with van der Waals surface area (Å²) in [6.07, 6.45) is 3.97. The maximum Gasteiger partial charge on any atom is 0.336 e. The van der Waals surface area contributed by atoms with Gasteiger partial charge in [0.1, 0.15) is 5.75 Å². The van der Waals surface area contributed by atoms with E-state index < -0.39 is 17.9 Å². The third kappa shape index (κ3) is 7.36. The minimum Gasteiger partial charge on any atom is -0.496 e. The quantitative estimate of drug-likeness (QED) is 0.302. The van der Waals surface area contributed by atoms with E-state index in [1.54, 1.807) is 48.7 Å². The Morgan fingerprint density at radius 1 is 0.809 bits per heavy atom. The second-order valence-corrected chi connectivity index (χ2v) is 11.7. The van der Waals surface area contributed by atoms with Crippen molar-refractivity contribution in [2.45, 2.75) is 25.2 Å². The lowest BCUT2D eigenvalue weighted by atomic mass is 9.78. The lowest BCUT2D eigenvalue weighted by molar-refractivity contribution is -0.137.